The van der Waals surface area contributed by atoms with E-state index in [1.54, 1.807) is 0 Å². The Hall–Kier alpha value is -0.900. The molecule has 3 nitrogen and oxygen atoms in total. The van der Waals surface area contributed by atoms with Gasteiger partial charge in [0.1, 0.15) is 0 Å². The molecule has 0 spiro atoms. The van der Waals surface area contributed by atoms with Crippen LogP contribution in [0.3, 0.4) is 0 Å². The van der Waals surface area contributed by atoms with E-state index in [0.717, 1.165) is 19.5 Å². The topological polar surface area (TPSA) is 49.5 Å². The van der Waals surface area contributed by atoms with E-state index in [4.69, 9.17) is 10.8 Å². The molecule has 0 aliphatic carbocycles. The molecule has 0 aromatic heterocycles. The van der Waals surface area contributed by atoms with Crippen molar-refractivity contribution in [2.24, 2.45) is 5.73 Å². The van der Waals surface area contributed by atoms with Crippen molar-refractivity contribution in [3.05, 3.63) is 35.4 Å². The minimum absolute atomic E-state index is 0.253. The smallest absolute Gasteiger partial charge is 0.0443 e. The van der Waals surface area contributed by atoms with Crippen molar-refractivity contribution in [2.45, 2.75) is 19.5 Å². The number of aliphatic hydroxyl groups excluding tert-OH is 1. The molecule has 0 aliphatic rings. The summed E-state index contributed by atoms with van der Waals surface area (Å²) < 4.78 is 0. The normalized spacial score (nSPS) is 10.9. The molecular weight excluding hydrogens is 188 g/mol. The van der Waals surface area contributed by atoms with Crippen molar-refractivity contribution in [1.29, 1.82) is 0 Å². The lowest BCUT2D eigenvalue weighted by atomic mass is 10.1. The van der Waals surface area contributed by atoms with Crippen LogP contribution in [0.4, 0.5) is 0 Å². The number of nitrogens with two attached hydrogens (primary N) is 1. The molecule has 0 bridgehead atoms. The largest absolute Gasteiger partial charge is 0.396 e. The first kappa shape index (κ1) is 12.2. The van der Waals surface area contributed by atoms with Gasteiger partial charge in [-0.25, -0.2) is 0 Å². The SMILES string of the molecule is CN(CCCO)Cc1ccccc1CN. The van der Waals surface area contributed by atoms with Gasteiger partial charge in [-0.15, -0.1) is 0 Å². The molecule has 84 valence electrons. The standard InChI is InChI=1S/C12H20N2O/c1-14(7-4-8-15)10-12-6-3-2-5-11(12)9-13/h2-3,5-6,15H,4,7-10,13H2,1H3. The summed E-state index contributed by atoms with van der Waals surface area (Å²) in [6.45, 7) is 2.65. The van der Waals surface area contributed by atoms with E-state index >= 15 is 0 Å². The van der Waals surface area contributed by atoms with Crippen LogP contribution in [0.25, 0.3) is 0 Å². The highest BCUT2D eigenvalue weighted by Gasteiger charge is 2.03. The summed E-state index contributed by atoms with van der Waals surface area (Å²) in [5.41, 5.74) is 8.15. The molecule has 0 saturated carbocycles. The van der Waals surface area contributed by atoms with E-state index < -0.39 is 0 Å². The predicted molar refractivity (Wildman–Crippen MR) is 62.4 cm³/mol. The lowest BCUT2D eigenvalue weighted by Gasteiger charge is -2.17. The van der Waals surface area contributed by atoms with Crippen molar-refractivity contribution in [2.75, 3.05) is 20.2 Å². The number of aliphatic hydroxyl groups is 1. The molecule has 1 rings (SSSR count). The molecule has 0 saturated heterocycles. The third-order valence-corrected chi connectivity index (χ3v) is 2.48. The summed E-state index contributed by atoms with van der Waals surface area (Å²) in [6, 6.07) is 8.22. The number of hydrogen-bond acceptors (Lipinski definition) is 3. The zero-order valence-corrected chi connectivity index (χ0v) is 9.32. The average Bonchev–Trinajstić information content (AvgIpc) is 2.27. The lowest BCUT2D eigenvalue weighted by molar-refractivity contribution is 0.244. The molecule has 0 amide bonds. The number of hydrogen-bond donors (Lipinski definition) is 2. The highest BCUT2D eigenvalue weighted by Crippen LogP contribution is 2.10. The van der Waals surface area contributed by atoms with Gasteiger partial charge in [0.15, 0.2) is 0 Å². The molecule has 0 radical (unpaired) electrons. The fourth-order valence-electron chi connectivity index (χ4n) is 1.62. The van der Waals surface area contributed by atoms with E-state index in [0.29, 0.717) is 6.54 Å². The molecular formula is C12H20N2O. The molecule has 3 heteroatoms. The van der Waals surface area contributed by atoms with Gasteiger partial charge in [-0.3, -0.25) is 0 Å². The Morgan fingerprint density at radius 2 is 1.93 bits per heavy atom. The highest BCUT2D eigenvalue weighted by atomic mass is 16.3. The number of benzene rings is 1. The Bertz CT molecular complexity index is 289. The second-order valence-electron chi connectivity index (χ2n) is 3.79. The molecule has 0 unspecified atom stereocenters. The van der Waals surface area contributed by atoms with E-state index in [-0.39, 0.29) is 6.61 Å². The summed E-state index contributed by atoms with van der Waals surface area (Å²) >= 11 is 0. The minimum Gasteiger partial charge on any atom is -0.396 e. The summed E-state index contributed by atoms with van der Waals surface area (Å²) in [4.78, 5) is 2.20. The Morgan fingerprint density at radius 1 is 1.27 bits per heavy atom. The maximum absolute atomic E-state index is 8.74. The van der Waals surface area contributed by atoms with Crippen molar-refractivity contribution >= 4 is 0 Å². The third kappa shape index (κ3) is 4.00. The van der Waals surface area contributed by atoms with Crippen LogP contribution in [0.1, 0.15) is 17.5 Å². The highest BCUT2D eigenvalue weighted by molar-refractivity contribution is 5.26. The van der Waals surface area contributed by atoms with Crippen molar-refractivity contribution in [3.63, 3.8) is 0 Å². The summed E-state index contributed by atoms with van der Waals surface area (Å²) in [7, 11) is 2.06. The van der Waals surface area contributed by atoms with Crippen LogP contribution >= 0.6 is 0 Å². The van der Waals surface area contributed by atoms with E-state index in [1.807, 2.05) is 12.1 Å². The summed E-state index contributed by atoms with van der Waals surface area (Å²) in [5.74, 6) is 0. The molecule has 3 N–H and O–H groups in total. The van der Waals surface area contributed by atoms with E-state index in [9.17, 15) is 0 Å². The van der Waals surface area contributed by atoms with Gasteiger partial charge in [0, 0.05) is 26.2 Å². The van der Waals surface area contributed by atoms with Gasteiger partial charge in [-0.2, -0.15) is 0 Å². The Balaban J connectivity index is 2.55. The van der Waals surface area contributed by atoms with Crippen LogP contribution in [-0.2, 0) is 13.1 Å². The van der Waals surface area contributed by atoms with Gasteiger partial charge < -0.3 is 15.7 Å². The average molecular weight is 208 g/mol. The van der Waals surface area contributed by atoms with E-state index in [2.05, 4.69) is 24.1 Å². The summed E-state index contributed by atoms with van der Waals surface area (Å²) in [5, 5.41) is 8.74. The Morgan fingerprint density at radius 3 is 2.53 bits per heavy atom. The zero-order chi connectivity index (χ0) is 11.1. The Labute approximate surface area is 91.5 Å². The minimum atomic E-state index is 0.253. The first-order chi connectivity index (χ1) is 7.27. The molecule has 0 fully saturated rings. The maximum atomic E-state index is 8.74. The van der Waals surface area contributed by atoms with Crippen molar-refractivity contribution in [3.8, 4) is 0 Å². The van der Waals surface area contributed by atoms with Gasteiger partial charge in [-0.05, 0) is 24.6 Å². The molecule has 0 atom stereocenters. The molecule has 15 heavy (non-hydrogen) atoms. The van der Waals surface area contributed by atoms with Crippen molar-refractivity contribution in [1.82, 2.24) is 4.90 Å². The van der Waals surface area contributed by atoms with Crippen LogP contribution in [0.5, 0.6) is 0 Å². The first-order valence-electron chi connectivity index (χ1n) is 5.34. The maximum Gasteiger partial charge on any atom is 0.0443 e. The Kier molecular flexibility index (Phi) is 5.32. The molecule has 0 aliphatic heterocycles. The third-order valence-electron chi connectivity index (χ3n) is 2.48. The van der Waals surface area contributed by atoms with Gasteiger partial charge >= 0.3 is 0 Å². The van der Waals surface area contributed by atoms with Gasteiger partial charge in [-0.1, -0.05) is 24.3 Å². The number of nitrogens with zero attached hydrogens (tertiary/aromatic N) is 1. The van der Waals surface area contributed by atoms with Gasteiger partial charge in [0.05, 0.1) is 0 Å². The van der Waals surface area contributed by atoms with Gasteiger partial charge in [0.25, 0.3) is 0 Å². The van der Waals surface area contributed by atoms with Crippen LogP contribution < -0.4 is 5.73 Å². The fraction of sp³-hybridized carbons (Fsp3) is 0.500. The number of rotatable bonds is 6. The second kappa shape index (κ2) is 6.56. The molecule has 0 heterocycles. The zero-order valence-electron chi connectivity index (χ0n) is 9.32. The van der Waals surface area contributed by atoms with Gasteiger partial charge in [0.2, 0.25) is 0 Å². The summed E-state index contributed by atoms with van der Waals surface area (Å²) in [6.07, 6.45) is 0.821. The second-order valence-corrected chi connectivity index (χ2v) is 3.79. The van der Waals surface area contributed by atoms with Crippen LogP contribution in [0.2, 0.25) is 0 Å². The monoisotopic (exact) mass is 208 g/mol. The van der Waals surface area contributed by atoms with Crippen LogP contribution in [-0.4, -0.2) is 30.2 Å². The fourth-order valence-corrected chi connectivity index (χ4v) is 1.62. The van der Waals surface area contributed by atoms with E-state index in [1.165, 1.54) is 11.1 Å². The molecule has 1 aromatic rings. The van der Waals surface area contributed by atoms with Crippen LogP contribution in [0.15, 0.2) is 24.3 Å². The van der Waals surface area contributed by atoms with Crippen LogP contribution in [0, 0.1) is 0 Å². The quantitative estimate of drug-likeness (QED) is 0.732. The lowest BCUT2D eigenvalue weighted by Crippen LogP contribution is -2.21. The first-order valence-corrected chi connectivity index (χ1v) is 5.34. The van der Waals surface area contributed by atoms with Crippen molar-refractivity contribution < 1.29 is 5.11 Å². The molecule has 1 aromatic carbocycles. The predicted octanol–water partition coefficient (Wildman–Crippen LogP) is 0.960.